The van der Waals surface area contributed by atoms with E-state index in [0.29, 0.717) is 18.4 Å². The van der Waals surface area contributed by atoms with E-state index in [1.165, 1.54) is 16.7 Å². The van der Waals surface area contributed by atoms with Gasteiger partial charge in [0.1, 0.15) is 5.75 Å². The fourth-order valence-electron chi connectivity index (χ4n) is 2.49. The lowest BCUT2D eigenvalue weighted by molar-refractivity contribution is 0.271. The van der Waals surface area contributed by atoms with Gasteiger partial charge in [-0.2, -0.15) is 0 Å². The molecular formula is C20H27NO. The molecule has 0 heterocycles. The van der Waals surface area contributed by atoms with Crippen LogP contribution in [0.2, 0.25) is 0 Å². The van der Waals surface area contributed by atoms with Crippen LogP contribution in [0.15, 0.2) is 48.5 Å². The van der Waals surface area contributed by atoms with Gasteiger partial charge >= 0.3 is 0 Å². The average molecular weight is 297 g/mol. The van der Waals surface area contributed by atoms with Crippen LogP contribution in [-0.2, 0) is 6.42 Å². The lowest BCUT2D eigenvalue weighted by Gasteiger charge is -2.16. The summed E-state index contributed by atoms with van der Waals surface area (Å²) >= 11 is 0. The molecule has 0 saturated heterocycles. The molecule has 2 aromatic rings. The number of aryl methyl sites for hydroxylation is 1. The van der Waals surface area contributed by atoms with E-state index < -0.39 is 0 Å². The average Bonchev–Trinajstić information content (AvgIpc) is 2.52. The van der Waals surface area contributed by atoms with Gasteiger partial charge in [-0.3, -0.25) is 0 Å². The maximum absolute atomic E-state index is 6.00. The maximum Gasteiger partial charge on any atom is 0.119 e. The van der Waals surface area contributed by atoms with E-state index in [4.69, 9.17) is 10.5 Å². The molecule has 118 valence electrons. The van der Waals surface area contributed by atoms with Crippen LogP contribution < -0.4 is 10.5 Å². The van der Waals surface area contributed by atoms with Crippen LogP contribution in [-0.4, -0.2) is 13.2 Å². The zero-order valence-corrected chi connectivity index (χ0v) is 13.9. The standard InChI is InChI=1S/C20H27NO/c1-15(2)14-22-20-6-4-5-17(12-20)11-19(13-21)18-9-7-16(3)8-10-18/h4-10,12,15,19H,11,13-14,21H2,1-3H3. The lowest BCUT2D eigenvalue weighted by Crippen LogP contribution is -2.15. The van der Waals surface area contributed by atoms with Gasteiger partial charge in [0.15, 0.2) is 0 Å². The highest BCUT2D eigenvalue weighted by Crippen LogP contribution is 2.23. The predicted octanol–water partition coefficient (Wildman–Crippen LogP) is 4.31. The Bertz CT molecular complexity index is 575. The van der Waals surface area contributed by atoms with Crippen molar-refractivity contribution >= 4 is 0 Å². The maximum atomic E-state index is 6.00. The highest BCUT2D eigenvalue weighted by Gasteiger charge is 2.11. The fourth-order valence-corrected chi connectivity index (χ4v) is 2.49. The summed E-state index contributed by atoms with van der Waals surface area (Å²) in [7, 11) is 0. The Morgan fingerprint density at radius 3 is 2.41 bits per heavy atom. The molecule has 1 atom stereocenters. The lowest BCUT2D eigenvalue weighted by atomic mass is 9.91. The van der Waals surface area contributed by atoms with E-state index >= 15 is 0 Å². The van der Waals surface area contributed by atoms with Gasteiger partial charge in [-0.1, -0.05) is 55.8 Å². The minimum Gasteiger partial charge on any atom is -0.493 e. The summed E-state index contributed by atoms with van der Waals surface area (Å²) in [5, 5.41) is 0. The van der Waals surface area contributed by atoms with Crippen molar-refractivity contribution in [2.24, 2.45) is 11.7 Å². The summed E-state index contributed by atoms with van der Waals surface area (Å²) in [5.41, 5.74) is 9.86. The second-order valence-corrected chi connectivity index (χ2v) is 6.40. The van der Waals surface area contributed by atoms with E-state index in [2.05, 4.69) is 63.2 Å². The van der Waals surface area contributed by atoms with Crippen LogP contribution in [0, 0.1) is 12.8 Å². The SMILES string of the molecule is Cc1ccc(C(CN)Cc2cccc(OCC(C)C)c2)cc1. The molecule has 0 amide bonds. The highest BCUT2D eigenvalue weighted by atomic mass is 16.5. The Labute approximate surface area is 134 Å². The highest BCUT2D eigenvalue weighted by molar-refractivity contribution is 5.32. The Morgan fingerprint density at radius 1 is 1.05 bits per heavy atom. The van der Waals surface area contributed by atoms with Crippen molar-refractivity contribution < 1.29 is 4.74 Å². The number of ether oxygens (including phenoxy) is 1. The van der Waals surface area contributed by atoms with Gasteiger partial charge in [0.25, 0.3) is 0 Å². The van der Waals surface area contributed by atoms with Crippen molar-refractivity contribution in [3.05, 3.63) is 65.2 Å². The van der Waals surface area contributed by atoms with Crippen molar-refractivity contribution in [3.63, 3.8) is 0 Å². The summed E-state index contributed by atoms with van der Waals surface area (Å²) in [6, 6.07) is 17.1. The summed E-state index contributed by atoms with van der Waals surface area (Å²) in [4.78, 5) is 0. The van der Waals surface area contributed by atoms with Crippen LogP contribution in [0.4, 0.5) is 0 Å². The number of benzene rings is 2. The zero-order valence-electron chi connectivity index (χ0n) is 13.9. The van der Waals surface area contributed by atoms with E-state index in [-0.39, 0.29) is 0 Å². The topological polar surface area (TPSA) is 35.2 Å². The summed E-state index contributed by atoms with van der Waals surface area (Å²) < 4.78 is 5.81. The normalized spacial score (nSPS) is 12.4. The number of hydrogen-bond acceptors (Lipinski definition) is 2. The fraction of sp³-hybridized carbons (Fsp3) is 0.400. The zero-order chi connectivity index (χ0) is 15.9. The van der Waals surface area contributed by atoms with E-state index in [1.807, 2.05) is 6.07 Å². The first-order valence-electron chi connectivity index (χ1n) is 8.07. The van der Waals surface area contributed by atoms with Gasteiger partial charge in [0, 0.05) is 5.92 Å². The van der Waals surface area contributed by atoms with Crippen LogP contribution in [0.25, 0.3) is 0 Å². The Balaban J connectivity index is 2.07. The third-order valence-electron chi connectivity index (χ3n) is 3.80. The number of hydrogen-bond donors (Lipinski definition) is 1. The molecule has 0 spiro atoms. The molecule has 0 aromatic heterocycles. The van der Waals surface area contributed by atoms with Crippen molar-refractivity contribution in [2.75, 3.05) is 13.2 Å². The van der Waals surface area contributed by atoms with E-state index in [9.17, 15) is 0 Å². The largest absolute Gasteiger partial charge is 0.493 e. The first-order valence-corrected chi connectivity index (χ1v) is 8.07. The number of rotatable bonds is 7. The van der Waals surface area contributed by atoms with Gasteiger partial charge in [-0.05, 0) is 49.1 Å². The van der Waals surface area contributed by atoms with Gasteiger partial charge in [0.05, 0.1) is 6.61 Å². The van der Waals surface area contributed by atoms with Gasteiger partial charge in [-0.15, -0.1) is 0 Å². The summed E-state index contributed by atoms with van der Waals surface area (Å²) in [5.74, 6) is 1.83. The molecule has 2 N–H and O–H groups in total. The van der Waals surface area contributed by atoms with Gasteiger partial charge < -0.3 is 10.5 Å². The van der Waals surface area contributed by atoms with Crippen LogP contribution in [0.5, 0.6) is 5.75 Å². The molecule has 2 aromatic carbocycles. The summed E-state index contributed by atoms with van der Waals surface area (Å²) in [6.07, 6.45) is 0.943. The van der Waals surface area contributed by atoms with E-state index in [1.54, 1.807) is 0 Å². The predicted molar refractivity (Wildman–Crippen MR) is 93.5 cm³/mol. The molecule has 22 heavy (non-hydrogen) atoms. The van der Waals surface area contributed by atoms with Crippen LogP contribution in [0.3, 0.4) is 0 Å². The molecule has 0 aliphatic carbocycles. The molecule has 2 rings (SSSR count). The molecule has 0 radical (unpaired) electrons. The third-order valence-corrected chi connectivity index (χ3v) is 3.80. The second kappa shape index (κ2) is 8.00. The smallest absolute Gasteiger partial charge is 0.119 e. The van der Waals surface area contributed by atoms with Gasteiger partial charge in [-0.25, -0.2) is 0 Å². The Morgan fingerprint density at radius 2 is 1.77 bits per heavy atom. The second-order valence-electron chi connectivity index (χ2n) is 6.40. The van der Waals surface area contributed by atoms with Crippen molar-refractivity contribution in [1.29, 1.82) is 0 Å². The minimum absolute atomic E-state index is 0.348. The first-order chi connectivity index (χ1) is 10.6. The Hall–Kier alpha value is -1.80. The monoisotopic (exact) mass is 297 g/mol. The first kappa shape index (κ1) is 16.6. The van der Waals surface area contributed by atoms with Crippen molar-refractivity contribution in [3.8, 4) is 5.75 Å². The van der Waals surface area contributed by atoms with Crippen LogP contribution in [0.1, 0.15) is 36.5 Å². The van der Waals surface area contributed by atoms with E-state index in [0.717, 1.165) is 18.8 Å². The molecule has 2 heteroatoms. The van der Waals surface area contributed by atoms with Crippen molar-refractivity contribution in [1.82, 2.24) is 0 Å². The molecule has 0 fully saturated rings. The number of nitrogens with two attached hydrogens (primary N) is 1. The van der Waals surface area contributed by atoms with Crippen molar-refractivity contribution in [2.45, 2.75) is 33.1 Å². The summed E-state index contributed by atoms with van der Waals surface area (Å²) in [6.45, 7) is 7.83. The molecule has 0 bridgehead atoms. The minimum atomic E-state index is 0.348. The van der Waals surface area contributed by atoms with Crippen LogP contribution >= 0.6 is 0 Å². The molecule has 1 unspecified atom stereocenters. The molecule has 0 aliphatic rings. The molecular weight excluding hydrogens is 270 g/mol. The third kappa shape index (κ3) is 4.88. The van der Waals surface area contributed by atoms with Gasteiger partial charge in [0.2, 0.25) is 0 Å². The molecule has 2 nitrogen and oxygen atoms in total. The Kier molecular flexibility index (Phi) is 6.02. The molecule has 0 saturated carbocycles. The molecule has 0 aliphatic heterocycles. The quantitative estimate of drug-likeness (QED) is 0.826.